The van der Waals surface area contributed by atoms with Gasteiger partial charge in [-0.05, 0) is 43.0 Å². The van der Waals surface area contributed by atoms with Gasteiger partial charge < -0.3 is 10.2 Å². The molecule has 1 saturated carbocycles. The summed E-state index contributed by atoms with van der Waals surface area (Å²) in [4.78, 5) is 26.2. The van der Waals surface area contributed by atoms with Crippen molar-refractivity contribution < 1.29 is 22.8 Å². The molecular weight excluding hydrogens is 413 g/mol. The summed E-state index contributed by atoms with van der Waals surface area (Å²) in [6, 6.07) is 5.50. The van der Waals surface area contributed by atoms with Crippen LogP contribution in [0.15, 0.2) is 34.8 Å². The molecule has 2 amide bonds. The largest absolute Gasteiger partial charge is 0.412 e. The van der Waals surface area contributed by atoms with E-state index in [4.69, 9.17) is 0 Å². The zero-order valence-electron chi connectivity index (χ0n) is 14.0. The second-order valence-electron chi connectivity index (χ2n) is 6.83. The molecule has 1 N–H and O–H groups in total. The number of carbonyl (C=O) groups is 2. The van der Waals surface area contributed by atoms with Gasteiger partial charge in [0.25, 0.3) is 5.91 Å². The van der Waals surface area contributed by atoms with E-state index in [9.17, 15) is 22.8 Å². The second-order valence-corrected chi connectivity index (χ2v) is 7.75. The van der Waals surface area contributed by atoms with E-state index in [1.165, 1.54) is 4.90 Å². The average Bonchev–Trinajstić information content (AvgIpc) is 3.32. The Bertz CT molecular complexity index is 772. The normalized spacial score (nSPS) is 17.8. The van der Waals surface area contributed by atoms with Crippen molar-refractivity contribution >= 4 is 27.7 Å². The van der Waals surface area contributed by atoms with Crippen molar-refractivity contribution in [2.75, 3.05) is 19.6 Å². The van der Waals surface area contributed by atoms with Gasteiger partial charge in [0.2, 0.25) is 5.91 Å². The van der Waals surface area contributed by atoms with Crippen LogP contribution in [0.2, 0.25) is 0 Å². The Morgan fingerprint density at radius 2 is 2.04 bits per heavy atom. The van der Waals surface area contributed by atoms with Gasteiger partial charge in [-0.2, -0.15) is 13.2 Å². The van der Waals surface area contributed by atoms with Gasteiger partial charge in [0.05, 0.1) is 6.54 Å². The van der Waals surface area contributed by atoms with Crippen LogP contribution in [0.5, 0.6) is 0 Å². The first-order chi connectivity index (χ1) is 12.1. The summed E-state index contributed by atoms with van der Waals surface area (Å²) < 4.78 is 38.1. The molecule has 1 spiro atoms. The predicted octanol–water partition coefficient (Wildman–Crippen LogP) is 3.56. The summed E-state index contributed by atoms with van der Waals surface area (Å²) in [6.45, 7) is 3.10. The summed E-state index contributed by atoms with van der Waals surface area (Å²) >= 11 is 3.42. The lowest BCUT2D eigenvalue weighted by Gasteiger charge is -2.34. The highest BCUT2D eigenvalue weighted by Gasteiger charge is 2.51. The fourth-order valence-corrected chi connectivity index (χ4v) is 3.63. The number of fused-ring (bicyclic) bond motifs is 2. The summed E-state index contributed by atoms with van der Waals surface area (Å²) in [7, 11) is 0. The lowest BCUT2D eigenvalue weighted by Crippen LogP contribution is -2.48. The monoisotopic (exact) mass is 430 g/mol. The molecule has 0 bridgehead atoms. The number of amides is 2. The molecule has 4 nitrogen and oxygen atoms in total. The quantitative estimate of drug-likeness (QED) is 0.726. The van der Waals surface area contributed by atoms with Crippen LogP contribution in [-0.2, 0) is 10.2 Å². The van der Waals surface area contributed by atoms with Crippen LogP contribution in [-0.4, -0.2) is 42.5 Å². The summed E-state index contributed by atoms with van der Waals surface area (Å²) in [5.74, 6) is -0.690. The zero-order chi connectivity index (χ0) is 19.1. The Kier molecular flexibility index (Phi) is 4.90. The minimum atomic E-state index is -4.45. The third-order valence-electron chi connectivity index (χ3n) is 4.90. The highest BCUT2D eigenvalue weighted by atomic mass is 79.9. The Labute approximate surface area is 157 Å². The van der Waals surface area contributed by atoms with Crippen molar-refractivity contribution in [1.82, 2.24) is 10.2 Å². The van der Waals surface area contributed by atoms with Gasteiger partial charge in [-0.3, -0.25) is 9.59 Å². The van der Waals surface area contributed by atoms with Crippen LogP contribution in [0, 0.1) is 0 Å². The lowest BCUT2D eigenvalue weighted by molar-refractivity contribution is -0.122. The number of hydrogen-bond donors (Lipinski definition) is 1. The van der Waals surface area contributed by atoms with E-state index < -0.39 is 17.7 Å². The number of nitrogens with zero attached hydrogens (tertiary/aromatic N) is 1. The maximum Gasteiger partial charge on any atom is 0.412 e. The van der Waals surface area contributed by atoms with Crippen LogP contribution in [0.25, 0.3) is 0 Å². The van der Waals surface area contributed by atoms with Gasteiger partial charge in [0, 0.05) is 34.1 Å². The molecule has 8 heteroatoms. The van der Waals surface area contributed by atoms with Gasteiger partial charge >= 0.3 is 6.18 Å². The van der Waals surface area contributed by atoms with Gasteiger partial charge in [0.1, 0.15) is 0 Å². The zero-order valence-corrected chi connectivity index (χ0v) is 15.5. The third kappa shape index (κ3) is 3.79. The molecule has 0 radical (unpaired) electrons. The van der Waals surface area contributed by atoms with Crippen molar-refractivity contribution in [2.45, 2.75) is 30.9 Å². The molecule has 140 valence electrons. The van der Waals surface area contributed by atoms with E-state index in [0.717, 1.165) is 22.9 Å². The summed E-state index contributed by atoms with van der Waals surface area (Å²) in [5, 5.41) is 2.43. The van der Waals surface area contributed by atoms with E-state index >= 15 is 0 Å². The lowest BCUT2D eigenvalue weighted by atomic mass is 9.86. The molecule has 1 aromatic carbocycles. The summed E-state index contributed by atoms with van der Waals surface area (Å²) in [5.41, 5.74) is 0.617. The van der Waals surface area contributed by atoms with Crippen LogP contribution in [0.4, 0.5) is 13.2 Å². The molecule has 1 heterocycles. The number of benzene rings is 1. The molecule has 0 atom stereocenters. The maximum absolute atomic E-state index is 12.7. The van der Waals surface area contributed by atoms with Gasteiger partial charge in [-0.25, -0.2) is 0 Å². The van der Waals surface area contributed by atoms with Gasteiger partial charge in [-0.1, -0.05) is 22.5 Å². The number of alkyl halides is 3. The molecule has 26 heavy (non-hydrogen) atoms. The van der Waals surface area contributed by atoms with Gasteiger partial charge in [0.15, 0.2) is 0 Å². The van der Waals surface area contributed by atoms with Crippen LogP contribution in [0.1, 0.15) is 35.2 Å². The molecular formula is C18H18BrF3N2O2. The number of carbonyl (C=O) groups excluding carboxylic acids is 2. The Morgan fingerprint density at radius 1 is 1.35 bits per heavy atom. The molecule has 0 saturated heterocycles. The van der Waals surface area contributed by atoms with E-state index in [1.807, 2.05) is 6.07 Å². The Balaban J connectivity index is 1.61. The Morgan fingerprint density at radius 3 is 2.65 bits per heavy atom. The predicted molar refractivity (Wildman–Crippen MR) is 93.8 cm³/mol. The number of nitrogens with one attached hydrogen (secondary N) is 1. The van der Waals surface area contributed by atoms with Crippen molar-refractivity contribution in [3.63, 3.8) is 0 Å². The van der Waals surface area contributed by atoms with Gasteiger partial charge in [-0.15, -0.1) is 0 Å². The van der Waals surface area contributed by atoms with Crippen LogP contribution in [0.3, 0.4) is 0 Å². The maximum atomic E-state index is 12.7. The molecule has 1 aromatic rings. The first-order valence-electron chi connectivity index (χ1n) is 8.23. The average molecular weight is 431 g/mol. The molecule has 3 rings (SSSR count). The minimum Gasteiger partial charge on any atom is -0.354 e. The molecule has 2 aliphatic rings. The fourth-order valence-electron chi connectivity index (χ4n) is 3.26. The summed E-state index contributed by atoms with van der Waals surface area (Å²) in [6.07, 6.45) is -2.92. The highest BCUT2D eigenvalue weighted by molar-refractivity contribution is 9.10. The van der Waals surface area contributed by atoms with Crippen molar-refractivity contribution in [1.29, 1.82) is 0 Å². The molecule has 0 aromatic heterocycles. The highest BCUT2D eigenvalue weighted by Crippen LogP contribution is 2.52. The van der Waals surface area contributed by atoms with E-state index in [-0.39, 0.29) is 30.8 Å². The third-order valence-corrected chi connectivity index (χ3v) is 5.40. The SMILES string of the molecule is C=C(CCNC(=O)CN1CC2(CC2)c2cc(Br)ccc2C1=O)C(F)(F)F. The first kappa shape index (κ1) is 18.9. The van der Waals surface area contributed by atoms with Crippen molar-refractivity contribution in [3.8, 4) is 0 Å². The molecule has 1 aliphatic carbocycles. The first-order valence-corrected chi connectivity index (χ1v) is 9.03. The number of hydrogen-bond acceptors (Lipinski definition) is 2. The standard InChI is InChI=1S/C18H18BrF3N2O2/c1-11(18(20,21)22)4-7-23-15(25)9-24-10-17(5-6-17)14-8-12(19)2-3-13(14)16(24)26/h2-3,8H,1,4-7,9-10H2,(H,23,25). The fraction of sp³-hybridized carbons (Fsp3) is 0.444. The van der Waals surface area contributed by atoms with Crippen LogP contribution < -0.4 is 5.32 Å². The van der Waals surface area contributed by atoms with E-state index in [0.29, 0.717) is 12.1 Å². The molecule has 1 fully saturated rings. The molecule has 0 unspecified atom stereocenters. The van der Waals surface area contributed by atoms with Crippen molar-refractivity contribution in [3.05, 3.63) is 46.0 Å². The van der Waals surface area contributed by atoms with Crippen LogP contribution >= 0.6 is 15.9 Å². The molecule has 1 aliphatic heterocycles. The van der Waals surface area contributed by atoms with E-state index in [2.05, 4.69) is 27.8 Å². The minimum absolute atomic E-state index is 0.0993. The van der Waals surface area contributed by atoms with Crippen molar-refractivity contribution in [2.24, 2.45) is 0 Å². The number of rotatable bonds is 5. The smallest absolute Gasteiger partial charge is 0.354 e. The number of halogens is 4. The van der Waals surface area contributed by atoms with E-state index in [1.54, 1.807) is 12.1 Å². The topological polar surface area (TPSA) is 49.4 Å². The second kappa shape index (κ2) is 6.72. The Hall–Kier alpha value is -1.83.